The van der Waals surface area contributed by atoms with E-state index in [4.69, 9.17) is 33.2 Å². The van der Waals surface area contributed by atoms with Gasteiger partial charge in [0, 0.05) is 23.9 Å². The van der Waals surface area contributed by atoms with Crippen LogP contribution in [0.3, 0.4) is 0 Å². The van der Waals surface area contributed by atoms with Crippen molar-refractivity contribution >= 4 is 35.8 Å². The van der Waals surface area contributed by atoms with Crippen LogP contribution in [0.15, 0.2) is 24.3 Å². The highest BCUT2D eigenvalue weighted by Crippen LogP contribution is 2.62. The fraction of sp³-hybridized carbons (Fsp3) is 0.783. The van der Waals surface area contributed by atoms with Crippen molar-refractivity contribution in [2.24, 2.45) is 57.2 Å². The van der Waals surface area contributed by atoms with Gasteiger partial charge in [0.1, 0.15) is 11.8 Å². The molecule has 61 heavy (non-hydrogen) atoms. The monoisotopic (exact) mass is 862 g/mol. The Bertz CT molecular complexity index is 1660. The van der Waals surface area contributed by atoms with Gasteiger partial charge in [0.25, 0.3) is 0 Å². The third kappa shape index (κ3) is 10.5. The Hall–Kier alpha value is -3.82. The molecule has 12 atom stereocenters. The number of carbonyl (C=O) groups excluding carboxylic acids is 5. The number of methoxy groups -OCH3 is 4. The topological polar surface area (TPSA) is 207 Å². The minimum Gasteiger partial charge on any atom is -0.481 e. The van der Waals surface area contributed by atoms with Crippen LogP contribution in [-0.2, 0) is 61.9 Å². The van der Waals surface area contributed by atoms with E-state index in [0.29, 0.717) is 19.3 Å². The van der Waals surface area contributed by atoms with Gasteiger partial charge >= 0.3 is 35.8 Å². The summed E-state index contributed by atoms with van der Waals surface area (Å²) in [4.78, 5) is 77.9. The van der Waals surface area contributed by atoms with E-state index in [9.17, 15) is 39.0 Å². The SMILES string of the molecule is C=C1CCC2C(C)(CO)CCCC2(C)C1COC(C(=O)OC)C(CC(=O)OC)C(=O)OCC1(C)CCCC2(C)C(COC(C(=O)OC)C(CC(=O)O)C(=O)OC)C(=C)CCC12. The highest BCUT2D eigenvalue weighted by molar-refractivity contribution is 5.88. The number of aliphatic hydroxyl groups excluding tert-OH is 1. The van der Waals surface area contributed by atoms with Gasteiger partial charge in [-0.05, 0) is 79.4 Å². The van der Waals surface area contributed by atoms with Crippen molar-refractivity contribution in [1.82, 2.24) is 0 Å². The molecule has 4 aliphatic rings. The van der Waals surface area contributed by atoms with Crippen LogP contribution in [0.25, 0.3) is 0 Å². The summed E-state index contributed by atoms with van der Waals surface area (Å²) >= 11 is 0. The summed E-state index contributed by atoms with van der Waals surface area (Å²) in [7, 11) is 4.62. The zero-order valence-corrected chi connectivity index (χ0v) is 37.5. The van der Waals surface area contributed by atoms with Crippen molar-refractivity contribution in [2.75, 3.05) is 54.9 Å². The quantitative estimate of drug-likeness (QED) is 0.0916. The number of carboxylic acids is 1. The van der Waals surface area contributed by atoms with E-state index >= 15 is 0 Å². The summed E-state index contributed by atoms with van der Waals surface area (Å²) in [6.45, 7) is 17.2. The average Bonchev–Trinajstić information content (AvgIpc) is 3.22. The number of esters is 5. The molecule has 0 bridgehead atoms. The molecule has 0 spiro atoms. The van der Waals surface area contributed by atoms with Gasteiger partial charge in [0.2, 0.25) is 0 Å². The van der Waals surface area contributed by atoms with Crippen molar-refractivity contribution < 1.29 is 72.1 Å². The fourth-order valence-corrected chi connectivity index (χ4v) is 12.0. The van der Waals surface area contributed by atoms with Crippen LogP contribution in [0.5, 0.6) is 0 Å². The minimum atomic E-state index is -1.54. The number of carboxylic acid groups (broad SMARTS) is 1. The molecule has 12 unspecified atom stereocenters. The zero-order valence-electron chi connectivity index (χ0n) is 37.5. The van der Waals surface area contributed by atoms with Gasteiger partial charge in [0.05, 0.1) is 61.1 Å². The summed E-state index contributed by atoms with van der Waals surface area (Å²) in [5.74, 6) is -8.69. The minimum absolute atomic E-state index is 0.0373. The Morgan fingerprint density at radius 2 is 1.08 bits per heavy atom. The maximum absolute atomic E-state index is 14.3. The first-order valence-corrected chi connectivity index (χ1v) is 21.6. The van der Waals surface area contributed by atoms with Crippen LogP contribution in [0, 0.1) is 57.2 Å². The molecule has 4 rings (SSSR count). The molecule has 0 aromatic heterocycles. The van der Waals surface area contributed by atoms with Gasteiger partial charge in [0.15, 0.2) is 12.2 Å². The average molecular weight is 863 g/mol. The van der Waals surface area contributed by atoms with Gasteiger partial charge in [-0.2, -0.15) is 0 Å². The number of aliphatic hydroxyl groups is 1. The Labute approximate surface area is 360 Å². The first-order chi connectivity index (χ1) is 28.7. The molecule has 0 aromatic rings. The van der Waals surface area contributed by atoms with E-state index < -0.39 is 83.5 Å². The summed E-state index contributed by atoms with van der Waals surface area (Å²) in [5.41, 5.74) is 0.254. The lowest BCUT2D eigenvalue weighted by Crippen LogP contribution is -2.54. The second-order valence-corrected chi connectivity index (χ2v) is 19.1. The second kappa shape index (κ2) is 20.6. The molecule has 344 valence electrons. The van der Waals surface area contributed by atoms with E-state index in [0.717, 1.165) is 70.3 Å². The predicted octanol–water partition coefficient (Wildman–Crippen LogP) is 5.64. The van der Waals surface area contributed by atoms with E-state index in [1.165, 1.54) is 14.2 Å². The predicted molar refractivity (Wildman–Crippen MR) is 220 cm³/mol. The van der Waals surface area contributed by atoms with Crippen LogP contribution in [0.2, 0.25) is 0 Å². The summed E-state index contributed by atoms with van der Waals surface area (Å²) < 4.78 is 38.5. The van der Waals surface area contributed by atoms with E-state index in [-0.39, 0.29) is 60.9 Å². The van der Waals surface area contributed by atoms with Crippen LogP contribution in [-0.4, -0.2) is 113 Å². The molecule has 2 N–H and O–H groups in total. The molecule has 4 aliphatic carbocycles. The number of hydrogen-bond donors (Lipinski definition) is 2. The van der Waals surface area contributed by atoms with Gasteiger partial charge < -0.3 is 43.4 Å². The first-order valence-electron chi connectivity index (χ1n) is 21.6. The van der Waals surface area contributed by atoms with Crippen LogP contribution < -0.4 is 0 Å². The number of carbonyl (C=O) groups is 6. The molecule has 0 saturated heterocycles. The first kappa shape index (κ1) is 49.8. The third-order valence-corrected chi connectivity index (χ3v) is 15.5. The van der Waals surface area contributed by atoms with E-state index in [2.05, 4.69) is 33.9 Å². The molecule has 0 aromatic carbocycles. The molecular weight excluding hydrogens is 792 g/mol. The largest absolute Gasteiger partial charge is 0.481 e. The molecule has 4 fully saturated rings. The molecule has 4 saturated carbocycles. The van der Waals surface area contributed by atoms with Crippen molar-refractivity contribution in [1.29, 1.82) is 0 Å². The number of aliphatic carboxylic acids is 1. The van der Waals surface area contributed by atoms with Gasteiger partial charge in [-0.25, -0.2) is 9.59 Å². The molecule has 0 aliphatic heterocycles. The number of fused-ring (bicyclic) bond motifs is 2. The van der Waals surface area contributed by atoms with Crippen molar-refractivity contribution in [3.63, 3.8) is 0 Å². The van der Waals surface area contributed by atoms with Crippen LogP contribution in [0.1, 0.15) is 105 Å². The number of ether oxygens (including phenoxy) is 7. The van der Waals surface area contributed by atoms with E-state index in [1.54, 1.807) is 0 Å². The standard InChI is InChI=1S/C46H70O15/c1-27-13-15-33-43(3,25-47)17-11-19-45(33,5)31(27)23-60-38(42(54)58-10)30(22-36(50)55-7)40(52)61-26-44(4)18-12-20-46(6)32(28(2)14-16-34(44)46)24-59-37(41(53)57-9)29(21-35(48)49)39(51)56-8/h29-34,37-38,47H,1-2,11-26H2,3-10H3,(H,48,49). The fourth-order valence-electron chi connectivity index (χ4n) is 12.0. The molecule has 0 amide bonds. The lowest BCUT2D eigenvalue weighted by molar-refractivity contribution is -0.181. The van der Waals surface area contributed by atoms with Gasteiger partial charge in [-0.15, -0.1) is 0 Å². The highest BCUT2D eigenvalue weighted by Gasteiger charge is 2.57. The summed E-state index contributed by atoms with van der Waals surface area (Å²) in [6.07, 6.45) is 3.63. The van der Waals surface area contributed by atoms with Crippen molar-refractivity contribution in [2.45, 2.75) is 117 Å². The van der Waals surface area contributed by atoms with Crippen molar-refractivity contribution in [3.8, 4) is 0 Å². The smallest absolute Gasteiger partial charge is 0.335 e. The molecule has 15 heteroatoms. The van der Waals surface area contributed by atoms with Crippen molar-refractivity contribution in [3.05, 3.63) is 24.3 Å². The Kier molecular flexibility index (Phi) is 16.8. The second-order valence-electron chi connectivity index (χ2n) is 19.1. The number of hydrogen-bond acceptors (Lipinski definition) is 14. The zero-order chi connectivity index (χ0) is 45.5. The third-order valence-electron chi connectivity index (χ3n) is 15.5. The Morgan fingerprint density at radius 1 is 0.639 bits per heavy atom. The Balaban J connectivity index is 1.56. The molecule has 0 radical (unpaired) electrons. The maximum atomic E-state index is 14.3. The highest BCUT2D eigenvalue weighted by atomic mass is 16.6. The van der Waals surface area contributed by atoms with Crippen LogP contribution >= 0.6 is 0 Å². The van der Waals surface area contributed by atoms with Gasteiger partial charge in [-0.3, -0.25) is 19.2 Å². The van der Waals surface area contributed by atoms with Crippen LogP contribution in [0.4, 0.5) is 0 Å². The molecule has 15 nitrogen and oxygen atoms in total. The molecule has 0 heterocycles. The van der Waals surface area contributed by atoms with Gasteiger partial charge in [-0.1, -0.05) is 64.8 Å². The van der Waals surface area contributed by atoms with E-state index in [1.807, 2.05) is 6.92 Å². The lowest BCUT2D eigenvalue weighted by atomic mass is 9.47. The summed E-state index contributed by atoms with van der Waals surface area (Å²) in [6, 6.07) is 0. The summed E-state index contributed by atoms with van der Waals surface area (Å²) in [5, 5.41) is 20.0. The maximum Gasteiger partial charge on any atom is 0.335 e. The Morgan fingerprint density at radius 3 is 1.51 bits per heavy atom. The normalized spacial score (nSPS) is 33.1. The lowest BCUT2D eigenvalue weighted by Gasteiger charge is -2.58. The molecular formula is C46H70O15. The number of rotatable bonds is 19.